The van der Waals surface area contributed by atoms with Crippen LogP contribution in [0.15, 0.2) is 36.5 Å². The largest absolute Gasteiger partial charge is 0.323 e. The molecule has 1 amide bonds. The van der Waals surface area contributed by atoms with Crippen molar-refractivity contribution >= 4 is 22.5 Å². The minimum Gasteiger partial charge on any atom is -0.323 e. The van der Waals surface area contributed by atoms with E-state index in [4.69, 9.17) is 5.73 Å². The lowest BCUT2D eigenvalue weighted by molar-refractivity contribution is -0.117. The zero-order valence-electron chi connectivity index (χ0n) is 11.0. The number of hydrogen-bond acceptors (Lipinski definition) is 3. The molecule has 0 saturated heterocycles. The minimum atomic E-state index is -0.522. The Morgan fingerprint density at radius 3 is 2.67 bits per heavy atom. The van der Waals surface area contributed by atoms with E-state index < -0.39 is 6.04 Å². The maximum absolute atomic E-state index is 11.4. The fourth-order valence-corrected chi connectivity index (χ4v) is 1.40. The lowest BCUT2D eigenvalue weighted by atomic mass is 10.2. The van der Waals surface area contributed by atoms with Crippen molar-refractivity contribution in [1.29, 1.82) is 0 Å². The van der Waals surface area contributed by atoms with Crippen LogP contribution in [0.5, 0.6) is 0 Å². The molecule has 0 aliphatic heterocycles. The van der Waals surface area contributed by atoms with Gasteiger partial charge in [0.2, 0.25) is 5.91 Å². The molecule has 4 nitrogen and oxygen atoms in total. The molecular formula is C14H19N3O. The molecule has 1 unspecified atom stereocenters. The first kappa shape index (κ1) is 14.1. The molecular weight excluding hydrogens is 226 g/mol. The summed E-state index contributed by atoms with van der Waals surface area (Å²) < 4.78 is 0. The van der Waals surface area contributed by atoms with E-state index >= 15 is 0 Å². The number of nitrogens with two attached hydrogens (primary N) is 1. The number of hydrogen-bond donors (Lipinski definition) is 2. The van der Waals surface area contributed by atoms with Crippen LogP contribution in [-0.4, -0.2) is 16.9 Å². The van der Waals surface area contributed by atoms with Gasteiger partial charge in [-0.3, -0.25) is 9.78 Å². The van der Waals surface area contributed by atoms with Crippen molar-refractivity contribution in [2.45, 2.75) is 26.8 Å². The van der Waals surface area contributed by atoms with Crippen LogP contribution < -0.4 is 11.1 Å². The number of carbonyl (C=O) groups is 1. The van der Waals surface area contributed by atoms with Crippen molar-refractivity contribution in [3.63, 3.8) is 0 Å². The number of carbonyl (C=O) groups excluding carboxylic acids is 1. The number of aromatic nitrogens is 1. The highest BCUT2D eigenvalue weighted by Crippen LogP contribution is 2.15. The quantitative estimate of drug-likeness (QED) is 0.854. The number of pyridine rings is 1. The first-order chi connectivity index (χ1) is 8.66. The van der Waals surface area contributed by atoms with Crippen LogP contribution in [0, 0.1) is 0 Å². The van der Waals surface area contributed by atoms with E-state index in [1.165, 1.54) is 0 Å². The standard InChI is InChI=1S/C12H13N3O.C2H6/c1-8(13)12(16)15-10-6-9-4-2-3-5-11(9)14-7-10;1-2/h2-8H,13H2,1H3,(H,15,16);1-2H3. The Hall–Kier alpha value is -1.94. The Labute approximate surface area is 107 Å². The van der Waals surface area contributed by atoms with E-state index in [0.29, 0.717) is 5.69 Å². The second kappa shape index (κ2) is 6.71. The number of nitrogens with one attached hydrogen (secondary N) is 1. The average molecular weight is 245 g/mol. The molecule has 0 saturated carbocycles. The molecule has 0 aliphatic rings. The van der Waals surface area contributed by atoms with Crippen molar-refractivity contribution in [1.82, 2.24) is 4.98 Å². The first-order valence-electron chi connectivity index (χ1n) is 6.08. The van der Waals surface area contributed by atoms with Gasteiger partial charge in [0.25, 0.3) is 0 Å². The van der Waals surface area contributed by atoms with Crippen molar-refractivity contribution in [2.24, 2.45) is 5.73 Å². The van der Waals surface area contributed by atoms with Gasteiger partial charge in [0.15, 0.2) is 0 Å². The molecule has 18 heavy (non-hydrogen) atoms. The molecule has 3 N–H and O–H groups in total. The maximum Gasteiger partial charge on any atom is 0.241 e. The second-order valence-electron chi connectivity index (χ2n) is 3.69. The predicted molar refractivity (Wildman–Crippen MR) is 75.4 cm³/mol. The monoisotopic (exact) mass is 245 g/mol. The Kier molecular flexibility index (Phi) is 5.27. The van der Waals surface area contributed by atoms with Crippen molar-refractivity contribution in [2.75, 3.05) is 5.32 Å². The molecule has 0 bridgehead atoms. The van der Waals surface area contributed by atoms with Crippen LogP contribution >= 0.6 is 0 Å². The van der Waals surface area contributed by atoms with Crippen molar-refractivity contribution < 1.29 is 4.79 Å². The van der Waals surface area contributed by atoms with Gasteiger partial charge < -0.3 is 11.1 Å². The first-order valence-corrected chi connectivity index (χ1v) is 6.08. The summed E-state index contributed by atoms with van der Waals surface area (Å²) in [7, 11) is 0. The zero-order chi connectivity index (χ0) is 13.5. The van der Waals surface area contributed by atoms with Crippen LogP contribution in [0.3, 0.4) is 0 Å². The summed E-state index contributed by atoms with van der Waals surface area (Å²) in [6, 6.07) is 9.09. The molecule has 96 valence electrons. The Balaban J connectivity index is 0.000000771. The van der Waals surface area contributed by atoms with Crippen LogP contribution in [0.1, 0.15) is 20.8 Å². The summed E-state index contributed by atoms with van der Waals surface area (Å²) in [4.78, 5) is 15.6. The summed E-state index contributed by atoms with van der Waals surface area (Å²) in [6.07, 6.45) is 1.63. The van der Waals surface area contributed by atoms with E-state index in [1.54, 1.807) is 13.1 Å². The number of rotatable bonds is 2. The van der Waals surface area contributed by atoms with Gasteiger partial charge in [0.05, 0.1) is 23.4 Å². The van der Waals surface area contributed by atoms with Gasteiger partial charge in [-0.15, -0.1) is 0 Å². The second-order valence-corrected chi connectivity index (χ2v) is 3.69. The van der Waals surface area contributed by atoms with Gasteiger partial charge in [0, 0.05) is 5.39 Å². The number of para-hydroxylation sites is 1. The number of anilines is 1. The summed E-state index contributed by atoms with van der Waals surface area (Å²) in [6.45, 7) is 5.64. The molecule has 2 aromatic rings. The number of benzene rings is 1. The van der Waals surface area contributed by atoms with Crippen molar-refractivity contribution in [3.05, 3.63) is 36.5 Å². The molecule has 2 rings (SSSR count). The van der Waals surface area contributed by atoms with E-state index in [1.807, 2.05) is 44.2 Å². The van der Waals surface area contributed by atoms with E-state index in [0.717, 1.165) is 10.9 Å². The third-order valence-corrected chi connectivity index (χ3v) is 2.27. The van der Waals surface area contributed by atoms with Crippen LogP contribution in [0.25, 0.3) is 10.9 Å². The SMILES string of the molecule is CC.CC(N)C(=O)Nc1cnc2ccccc2c1. The van der Waals surface area contributed by atoms with Gasteiger partial charge in [0.1, 0.15) is 0 Å². The molecule has 0 fully saturated rings. The summed E-state index contributed by atoms with van der Waals surface area (Å²) in [5.41, 5.74) is 7.04. The van der Waals surface area contributed by atoms with Gasteiger partial charge in [-0.1, -0.05) is 32.0 Å². The van der Waals surface area contributed by atoms with E-state index in [9.17, 15) is 4.79 Å². The molecule has 1 aromatic heterocycles. The fraction of sp³-hybridized carbons (Fsp3) is 0.286. The smallest absolute Gasteiger partial charge is 0.241 e. The van der Waals surface area contributed by atoms with Crippen LogP contribution in [-0.2, 0) is 4.79 Å². The molecule has 4 heteroatoms. The van der Waals surface area contributed by atoms with Gasteiger partial charge >= 0.3 is 0 Å². The van der Waals surface area contributed by atoms with E-state index in [2.05, 4.69) is 10.3 Å². The average Bonchev–Trinajstić information content (AvgIpc) is 2.41. The summed E-state index contributed by atoms with van der Waals surface area (Å²) >= 11 is 0. The number of fused-ring (bicyclic) bond motifs is 1. The third-order valence-electron chi connectivity index (χ3n) is 2.27. The van der Waals surface area contributed by atoms with Crippen LogP contribution in [0.2, 0.25) is 0 Å². The van der Waals surface area contributed by atoms with Gasteiger partial charge in [-0.2, -0.15) is 0 Å². The third kappa shape index (κ3) is 3.53. The predicted octanol–water partition coefficient (Wildman–Crippen LogP) is 2.55. The molecule has 1 aromatic carbocycles. The fourth-order valence-electron chi connectivity index (χ4n) is 1.40. The Morgan fingerprint density at radius 1 is 1.33 bits per heavy atom. The lowest BCUT2D eigenvalue weighted by Gasteiger charge is -2.07. The van der Waals surface area contributed by atoms with Gasteiger partial charge in [-0.25, -0.2) is 0 Å². The highest BCUT2D eigenvalue weighted by atomic mass is 16.2. The number of nitrogens with zero attached hydrogens (tertiary/aromatic N) is 1. The zero-order valence-corrected chi connectivity index (χ0v) is 11.0. The van der Waals surface area contributed by atoms with E-state index in [-0.39, 0.29) is 5.91 Å². The van der Waals surface area contributed by atoms with Crippen molar-refractivity contribution in [3.8, 4) is 0 Å². The number of amides is 1. The van der Waals surface area contributed by atoms with Gasteiger partial charge in [-0.05, 0) is 19.1 Å². The topological polar surface area (TPSA) is 68.0 Å². The molecule has 1 atom stereocenters. The maximum atomic E-state index is 11.4. The highest BCUT2D eigenvalue weighted by Gasteiger charge is 2.07. The summed E-state index contributed by atoms with van der Waals surface area (Å²) in [5.74, 6) is -0.211. The Bertz CT molecular complexity index is 523. The lowest BCUT2D eigenvalue weighted by Crippen LogP contribution is -2.32. The van der Waals surface area contributed by atoms with Crippen LogP contribution in [0.4, 0.5) is 5.69 Å². The minimum absolute atomic E-state index is 0.211. The molecule has 0 aliphatic carbocycles. The Morgan fingerprint density at radius 2 is 2.00 bits per heavy atom. The normalized spacial score (nSPS) is 11.3. The molecule has 0 radical (unpaired) electrons. The highest BCUT2D eigenvalue weighted by molar-refractivity contribution is 5.95. The molecule has 1 heterocycles. The molecule has 0 spiro atoms. The summed E-state index contributed by atoms with van der Waals surface area (Å²) in [5, 5.41) is 3.70.